The monoisotopic (exact) mass is 362 g/mol. The van der Waals surface area contributed by atoms with Gasteiger partial charge in [0.15, 0.2) is 0 Å². The van der Waals surface area contributed by atoms with Gasteiger partial charge in [0.25, 0.3) is 0 Å². The summed E-state index contributed by atoms with van der Waals surface area (Å²) in [5.41, 5.74) is -0.00289. The van der Waals surface area contributed by atoms with Gasteiger partial charge >= 0.3 is 0 Å². The molecule has 0 radical (unpaired) electrons. The predicted octanol–water partition coefficient (Wildman–Crippen LogP) is 5.85. The first kappa shape index (κ1) is 19.3. The van der Waals surface area contributed by atoms with Gasteiger partial charge in [-0.3, -0.25) is 5.41 Å². The van der Waals surface area contributed by atoms with E-state index in [1.807, 2.05) is 0 Å². The molecule has 2 aliphatic carbocycles. The van der Waals surface area contributed by atoms with Gasteiger partial charge in [-0.05, 0) is 29.9 Å². The van der Waals surface area contributed by atoms with E-state index in [1.165, 1.54) is 82.4 Å². The van der Waals surface area contributed by atoms with E-state index in [2.05, 4.69) is 5.32 Å². The minimum atomic E-state index is -0.562. The van der Waals surface area contributed by atoms with Crippen molar-refractivity contribution in [1.29, 1.82) is 5.41 Å². The SMILES string of the molecule is N=C(Cc1c(F)cccc1F)NCC(C1CCCCC1)C1CCCCC1. The van der Waals surface area contributed by atoms with Gasteiger partial charge in [-0.25, -0.2) is 8.78 Å². The van der Waals surface area contributed by atoms with Crippen LogP contribution in [0.15, 0.2) is 18.2 Å². The number of hydrogen-bond donors (Lipinski definition) is 2. The van der Waals surface area contributed by atoms with Crippen molar-refractivity contribution in [3.63, 3.8) is 0 Å². The average Bonchev–Trinajstić information content (AvgIpc) is 2.67. The quantitative estimate of drug-likeness (QED) is 0.483. The Morgan fingerprint density at radius 3 is 1.92 bits per heavy atom. The van der Waals surface area contributed by atoms with E-state index in [0.29, 0.717) is 5.92 Å². The molecule has 0 atom stereocenters. The number of nitrogens with one attached hydrogen (secondary N) is 2. The van der Waals surface area contributed by atoms with Gasteiger partial charge in [0.2, 0.25) is 0 Å². The van der Waals surface area contributed by atoms with Crippen LogP contribution in [0.4, 0.5) is 8.78 Å². The van der Waals surface area contributed by atoms with Crippen molar-refractivity contribution >= 4 is 5.84 Å². The van der Waals surface area contributed by atoms with Gasteiger partial charge < -0.3 is 5.32 Å². The minimum Gasteiger partial charge on any atom is -0.373 e. The van der Waals surface area contributed by atoms with Gasteiger partial charge in [0.05, 0.1) is 5.84 Å². The van der Waals surface area contributed by atoms with E-state index in [-0.39, 0.29) is 17.8 Å². The largest absolute Gasteiger partial charge is 0.373 e. The fraction of sp³-hybridized carbons (Fsp3) is 0.682. The molecule has 2 nitrogen and oxygen atoms in total. The zero-order chi connectivity index (χ0) is 18.4. The average molecular weight is 363 g/mol. The molecule has 0 aliphatic heterocycles. The molecule has 1 aromatic rings. The first-order valence-corrected chi connectivity index (χ1v) is 10.4. The molecule has 2 N–H and O–H groups in total. The lowest BCUT2D eigenvalue weighted by molar-refractivity contribution is 0.145. The van der Waals surface area contributed by atoms with Crippen molar-refractivity contribution < 1.29 is 8.78 Å². The second-order valence-electron chi connectivity index (χ2n) is 8.20. The summed E-state index contributed by atoms with van der Waals surface area (Å²) in [6, 6.07) is 3.89. The maximum Gasteiger partial charge on any atom is 0.129 e. The summed E-state index contributed by atoms with van der Waals surface area (Å²) in [7, 11) is 0. The number of hydrogen-bond acceptors (Lipinski definition) is 1. The maximum atomic E-state index is 13.8. The molecule has 4 heteroatoms. The zero-order valence-electron chi connectivity index (χ0n) is 15.7. The number of rotatable bonds is 6. The van der Waals surface area contributed by atoms with E-state index < -0.39 is 11.6 Å². The third-order valence-corrected chi connectivity index (χ3v) is 6.48. The smallest absolute Gasteiger partial charge is 0.129 e. The fourth-order valence-corrected chi connectivity index (χ4v) is 5.02. The highest BCUT2D eigenvalue weighted by Gasteiger charge is 2.31. The molecule has 1 aromatic carbocycles. The topological polar surface area (TPSA) is 35.9 Å². The maximum absolute atomic E-state index is 13.8. The minimum absolute atomic E-state index is 0.000556. The standard InChI is InChI=1S/C22H32F2N2/c23-20-12-7-13-21(24)18(20)14-22(25)26-15-19(16-8-3-1-4-9-16)17-10-5-2-6-11-17/h7,12-13,16-17,19H,1-6,8-11,14-15H2,(H2,25,26). The highest BCUT2D eigenvalue weighted by Crippen LogP contribution is 2.39. The van der Waals surface area contributed by atoms with Crippen LogP contribution in [-0.4, -0.2) is 12.4 Å². The predicted molar refractivity (Wildman–Crippen MR) is 102 cm³/mol. The Hall–Kier alpha value is -1.45. The van der Waals surface area contributed by atoms with Crippen LogP contribution < -0.4 is 5.32 Å². The first-order chi connectivity index (χ1) is 12.6. The van der Waals surface area contributed by atoms with Gasteiger partial charge in [-0.1, -0.05) is 70.3 Å². The van der Waals surface area contributed by atoms with Crippen molar-refractivity contribution in [1.82, 2.24) is 5.32 Å². The van der Waals surface area contributed by atoms with Crippen molar-refractivity contribution in [2.45, 2.75) is 70.6 Å². The summed E-state index contributed by atoms with van der Waals surface area (Å²) in [6.45, 7) is 0.782. The zero-order valence-corrected chi connectivity index (χ0v) is 15.7. The van der Waals surface area contributed by atoms with Crippen molar-refractivity contribution in [3.05, 3.63) is 35.4 Å². The molecule has 2 aliphatic rings. The Bertz CT molecular complexity index is 552. The molecule has 26 heavy (non-hydrogen) atoms. The van der Waals surface area contributed by atoms with Crippen LogP contribution in [0.5, 0.6) is 0 Å². The molecule has 144 valence electrons. The van der Waals surface area contributed by atoms with Crippen LogP contribution >= 0.6 is 0 Å². The van der Waals surface area contributed by atoms with Crippen LogP contribution in [0.2, 0.25) is 0 Å². The van der Waals surface area contributed by atoms with Crippen molar-refractivity contribution in [2.75, 3.05) is 6.54 Å². The van der Waals surface area contributed by atoms with Gasteiger partial charge in [-0.2, -0.15) is 0 Å². The molecule has 0 amide bonds. The third-order valence-electron chi connectivity index (χ3n) is 6.48. The van der Waals surface area contributed by atoms with Crippen molar-refractivity contribution in [3.8, 4) is 0 Å². The molecular formula is C22H32F2N2. The molecule has 2 saturated carbocycles. The molecule has 0 heterocycles. The Labute approximate surface area is 156 Å². The van der Waals surface area contributed by atoms with Gasteiger partial charge in [0, 0.05) is 18.5 Å². The summed E-state index contributed by atoms with van der Waals surface area (Å²) in [5.74, 6) is 1.20. The highest BCUT2D eigenvalue weighted by atomic mass is 19.1. The summed E-state index contributed by atoms with van der Waals surface area (Å²) in [5, 5.41) is 11.4. The Balaban J connectivity index is 1.60. The molecule has 0 spiro atoms. The summed E-state index contributed by atoms with van der Waals surface area (Å²) >= 11 is 0. The third kappa shape index (κ3) is 5.05. The summed E-state index contributed by atoms with van der Waals surface area (Å²) in [4.78, 5) is 0. The lowest BCUT2D eigenvalue weighted by Crippen LogP contribution is -2.38. The number of halogens is 2. The second kappa shape index (κ2) is 9.48. The van der Waals surface area contributed by atoms with Gasteiger partial charge in [0.1, 0.15) is 11.6 Å². The normalized spacial score (nSPS) is 19.7. The van der Waals surface area contributed by atoms with E-state index in [4.69, 9.17) is 5.41 Å². The number of amidine groups is 1. The molecule has 0 bridgehead atoms. The summed E-state index contributed by atoms with van der Waals surface area (Å²) < 4.78 is 27.7. The second-order valence-corrected chi connectivity index (χ2v) is 8.20. The molecular weight excluding hydrogens is 330 g/mol. The number of benzene rings is 1. The summed E-state index contributed by atoms with van der Waals surface area (Å²) in [6.07, 6.45) is 13.2. The molecule has 0 saturated heterocycles. The Kier molecular flexibility index (Phi) is 7.04. The van der Waals surface area contributed by atoms with Crippen LogP contribution in [0.25, 0.3) is 0 Å². The molecule has 0 aromatic heterocycles. The van der Waals surface area contributed by atoms with Gasteiger partial charge in [-0.15, -0.1) is 0 Å². The van der Waals surface area contributed by atoms with Crippen LogP contribution in [0.3, 0.4) is 0 Å². The van der Waals surface area contributed by atoms with Crippen LogP contribution in [-0.2, 0) is 6.42 Å². The Morgan fingerprint density at radius 2 is 1.42 bits per heavy atom. The fourth-order valence-electron chi connectivity index (χ4n) is 5.02. The molecule has 3 rings (SSSR count). The molecule has 2 fully saturated rings. The van der Waals surface area contributed by atoms with Crippen LogP contribution in [0.1, 0.15) is 69.8 Å². The van der Waals surface area contributed by atoms with E-state index in [1.54, 1.807) is 0 Å². The Morgan fingerprint density at radius 1 is 0.923 bits per heavy atom. The lowest BCUT2D eigenvalue weighted by atomic mass is 9.69. The van der Waals surface area contributed by atoms with E-state index in [0.717, 1.165) is 18.4 Å². The first-order valence-electron chi connectivity index (χ1n) is 10.4. The van der Waals surface area contributed by atoms with Crippen LogP contribution in [0, 0.1) is 34.8 Å². The van der Waals surface area contributed by atoms with E-state index >= 15 is 0 Å². The van der Waals surface area contributed by atoms with E-state index in [9.17, 15) is 8.78 Å². The lowest BCUT2D eigenvalue weighted by Gasteiger charge is -2.38. The highest BCUT2D eigenvalue weighted by molar-refractivity contribution is 5.81. The molecule has 0 unspecified atom stereocenters. The van der Waals surface area contributed by atoms with Crippen molar-refractivity contribution in [2.24, 2.45) is 17.8 Å².